The number of carboxylic acids is 1. The summed E-state index contributed by atoms with van der Waals surface area (Å²) in [5.41, 5.74) is 11.6. The number of carboxylic acid groups (broad SMARTS) is 1. The summed E-state index contributed by atoms with van der Waals surface area (Å²) >= 11 is 0. The molecule has 0 saturated heterocycles. The third-order valence-electron chi connectivity index (χ3n) is 4.83. The largest absolute Gasteiger partial charge is 0.481 e. The second-order valence-electron chi connectivity index (χ2n) is 7.22. The fourth-order valence-corrected chi connectivity index (χ4v) is 3.44. The molecule has 2 aromatic carbocycles. The highest BCUT2D eigenvalue weighted by atomic mass is 16.4. The summed E-state index contributed by atoms with van der Waals surface area (Å²) in [5.74, 6) is -0.952. The number of rotatable bonds is 9. The van der Waals surface area contributed by atoms with Crippen LogP contribution in [0.1, 0.15) is 41.5 Å². The quantitative estimate of drug-likeness (QED) is 0.238. The second-order valence-corrected chi connectivity index (χ2v) is 7.22. The Balaban J connectivity index is 2.50. The van der Waals surface area contributed by atoms with Crippen molar-refractivity contribution in [3.8, 4) is 0 Å². The zero-order valence-corrected chi connectivity index (χ0v) is 17.4. The molecule has 0 radical (unpaired) electrons. The molecule has 0 aliphatic heterocycles. The molecular formula is C25H28N2O3. The van der Waals surface area contributed by atoms with Crippen molar-refractivity contribution >= 4 is 11.7 Å². The van der Waals surface area contributed by atoms with E-state index in [0.717, 1.165) is 22.3 Å². The maximum atomic E-state index is 11.0. The van der Waals surface area contributed by atoms with E-state index in [-0.39, 0.29) is 12.3 Å². The van der Waals surface area contributed by atoms with Crippen LogP contribution in [0.15, 0.2) is 89.8 Å². The lowest BCUT2D eigenvalue weighted by molar-refractivity contribution is -0.136. The van der Waals surface area contributed by atoms with Gasteiger partial charge in [0, 0.05) is 23.6 Å². The Bertz CT molecular complexity index is 982. The van der Waals surface area contributed by atoms with Crippen LogP contribution in [0.3, 0.4) is 0 Å². The van der Waals surface area contributed by atoms with Crippen LogP contribution in [-0.2, 0) is 11.2 Å². The van der Waals surface area contributed by atoms with Crippen LogP contribution in [0.5, 0.6) is 0 Å². The van der Waals surface area contributed by atoms with Gasteiger partial charge in [-0.2, -0.15) is 0 Å². The molecular weight excluding hydrogens is 376 g/mol. The van der Waals surface area contributed by atoms with Gasteiger partial charge in [0.25, 0.3) is 0 Å². The van der Waals surface area contributed by atoms with Gasteiger partial charge in [-0.1, -0.05) is 72.4 Å². The minimum atomic E-state index is -0.865. The molecule has 0 aromatic heterocycles. The van der Waals surface area contributed by atoms with Gasteiger partial charge >= 0.3 is 5.97 Å². The van der Waals surface area contributed by atoms with Crippen LogP contribution in [0.4, 0.5) is 0 Å². The van der Waals surface area contributed by atoms with Crippen LogP contribution < -0.4 is 5.73 Å². The van der Waals surface area contributed by atoms with Gasteiger partial charge in [-0.25, -0.2) is 0 Å². The van der Waals surface area contributed by atoms with Gasteiger partial charge < -0.3 is 16.0 Å². The van der Waals surface area contributed by atoms with Crippen LogP contribution in [0, 0.1) is 6.92 Å². The van der Waals surface area contributed by atoms with Crippen molar-refractivity contribution in [3.05, 3.63) is 107 Å². The minimum Gasteiger partial charge on any atom is -0.481 e. The van der Waals surface area contributed by atoms with Gasteiger partial charge in [0.2, 0.25) is 0 Å². The molecule has 0 aliphatic carbocycles. The number of aryl methyl sites for hydroxylation is 1. The maximum Gasteiger partial charge on any atom is 0.307 e. The molecule has 1 atom stereocenters. The Labute approximate surface area is 177 Å². The first kappa shape index (κ1) is 22.7. The summed E-state index contributed by atoms with van der Waals surface area (Å²) in [6.45, 7) is 7.55. The van der Waals surface area contributed by atoms with Gasteiger partial charge in [-0.15, -0.1) is 0 Å². The van der Waals surface area contributed by atoms with Crippen molar-refractivity contribution in [2.75, 3.05) is 0 Å². The van der Waals surface area contributed by atoms with Crippen molar-refractivity contribution in [1.29, 1.82) is 0 Å². The normalized spacial score (nSPS) is 13.7. The average molecular weight is 405 g/mol. The van der Waals surface area contributed by atoms with Crippen LogP contribution >= 0.6 is 0 Å². The Kier molecular flexibility index (Phi) is 8.18. The van der Waals surface area contributed by atoms with E-state index < -0.39 is 5.97 Å². The van der Waals surface area contributed by atoms with E-state index in [9.17, 15) is 10.0 Å². The summed E-state index contributed by atoms with van der Waals surface area (Å²) in [5, 5.41) is 22.3. The third kappa shape index (κ3) is 6.21. The number of oxime groups is 1. The highest BCUT2D eigenvalue weighted by molar-refractivity contribution is 6.03. The van der Waals surface area contributed by atoms with Crippen LogP contribution in [0.25, 0.3) is 0 Å². The average Bonchev–Trinajstić information content (AvgIpc) is 2.69. The van der Waals surface area contributed by atoms with Gasteiger partial charge in [0.05, 0.1) is 12.1 Å². The lowest BCUT2D eigenvalue weighted by Crippen LogP contribution is -2.13. The van der Waals surface area contributed by atoms with E-state index in [2.05, 4.69) is 17.8 Å². The van der Waals surface area contributed by atoms with Crippen molar-refractivity contribution in [3.63, 3.8) is 0 Å². The number of benzene rings is 2. The summed E-state index contributed by atoms with van der Waals surface area (Å²) in [6.07, 6.45) is 5.55. The molecule has 0 aliphatic rings. The molecule has 1 unspecified atom stereocenters. The molecule has 5 heteroatoms. The molecule has 0 saturated carbocycles. The number of hydrogen-bond acceptors (Lipinski definition) is 4. The highest BCUT2D eigenvalue weighted by Gasteiger charge is 2.21. The lowest BCUT2D eigenvalue weighted by Gasteiger charge is -2.21. The minimum absolute atomic E-state index is 0.0224. The third-order valence-corrected chi connectivity index (χ3v) is 4.83. The van der Waals surface area contributed by atoms with E-state index in [4.69, 9.17) is 10.8 Å². The molecule has 30 heavy (non-hydrogen) atoms. The molecule has 2 aromatic rings. The van der Waals surface area contributed by atoms with Crippen molar-refractivity contribution in [2.24, 2.45) is 10.9 Å². The number of hydrogen-bond donors (Lipinski definition) is 3. The number of nitrogens with zero attached hydrogens (tertiary/aromatic N) is 1. The monoisotopic (exact) mass is 404 g/mol. The molecule has 0 amide bonds. The smallest absolute Gasteiger partial charge is 0.307 e. The van der Waals surface area contributed by atoms with Gasteiger partial charge in [0.15, 0.2) is 0 Å². The number of carbonyl (C=O) groups is 1. The first-order chi connectivity index (χ1) is 14.3. The lowest BCUT2D eigenvalue weighted by atomic mass is 9.83. The van der Waals surface area contributed by atoms with E-state index in [1.807, 2.05) is 49.4 Å². The fourth-order valence-electron chi connectivity index (χ4n) is 3.44. The van der Waals surface area contributed by atoms with Crippen molar-refractivity contribution in [1.82, 2.24) is 0 Å². The molecule has 0 bridgehead atoms. The van der Waals surface area contributed by atoms with E-state index in [1.165, 1.54) is 0 Å². The predicted molar refractivity (Wildman–Crippen MR) is 121 cm³/mol. The first-order valence-electron chi connectivity index (χ1n) is 9.69. The van der Waals surface area contributed by atoms with Gasteiger partial charge in [-0.3, -0.25) is 4.79 Å². The Morgan fingerprint density at radius 2 is 1.87 bits per heavy atom. The van der Waals surface area contributed by atoms with Crippen molar-refractivity contribution in [2.45, 2.75) is 32.6 Å². The predicted octanol–water partition coefficient (Wildman–Crippen LogP) is 4.95. The Morgan fingerprint density at radius 3 is 2.40 bits per heavy atom. The Hall–Kier alpha value is -3.60. The SMILES string of the molecule is C=C/C=C(\C=C(\C)N)C(/CC(c1ccc(CC(=O)O)cc1)c1ccccc1C)=N/O. The molecule has 0 spiro atoms. The zero-order valence-electron chi connectivity index (χ0n) is 17.4. The molecule has 156 valence electrons. The zero-order chi connectivity index (χ0) is 22.1. The highest BCUT2D eigenvalue weighted by Crippen LogP contribution is 2.32. The van der Waals surface area contributed by atoms with Crippen LogP contribution in [0.2, 0.25) is 0 Å². The maximum absolute atomic E-state index is 11.0. The first-order valence-corrected chi connectivity index (χ1v) is 9.69. The molecule has 4 N–H and O–H groups in total. The summed E-state index contributed by atoms with van der Waals surface area (Å²) in [7, 11) is 0. The Morgan fingerprint density at radius 1 is 1.20 bits per heavy atom. The topological polar surface area (TPSA) is 95.9 Å². The standard InChI is InChI=1S/C25H28N2O3/c1-4-7-21(14-18(3)26)24(27-30)16-23(22-9-6-5-8-17(22)2)20-12-10-19(11-13-20)15-25(28)29/h4-14,23,30H,1,15-16,26H2,2-3H3,(H,28,29)/b18-14-,21-7+,27-24+. The molecule has 5 nitrogen and oxygen atoms in total. The van der Waals surface area contributed by atoms with E-state index in [0.29, 0.717) is 23.4 Å². The number of nitrogens with two attached hydrogens (primary N) is 1. The summed E-state index contributed by atoms with van der Waals surface area (Å²) < 4.78 is 0. The van der Waals surface area contributed by atoms with Gasteiger partial charge in [0.1, 0.15) is 0 Å². The molecule has 0 heterocycles. The van der Waals surface area contributed by atoms with E-state index >= 15 is 0 Å². The second kappa shape index (κ2) is 10.8. The summed E-state index contributed by atoms with van der Waals surface area (Å²) in [6, 6.07) is 15.6. The van der Waals surface area contributed by atoms with Gasteiger partial charge in [-0.05, 0) is 42.2 Å². The summed E-state index contributed by atoms with van der Waals surface area (Å²) in [4.78, 5) is 11.0. The van der Waals surface area contributed by atoms with E-state index in [1.54, 1.807) is 25.2 Å². The van der Waals surface area contributed by atoms with Crippen molar-refractivity contribution < 1.29 is 15.1 Å². The van der Waals surface area contributed by atoms with Crippen LogP contribution in [-0.4, -0.2) is 22.0 Å². The number of aliphatic carboxylic acids is 1. The fraction of sp³-hybridized carbons (Fsp3) is 0.200. The number of allylic oxidation sites excluding steroid dienone is 5. The molecule has 0 fully saturated rings. The molecule has 2 rings (SSSR count).